The average molecular weight is 463 g/mol. The first-order chi connectivity index (χ1) is 16.6. The zero-order valence-electron chi connectivity index (χ0n) is 19.7. The first-order valence-corrected chi connectivity index (χ1v) is 11.8. The van der Waals surface area contributed by atoms with Crippen LogP contribution in [0.15, 0.2) is 47.0 Å². The summed E-state index contributed by atoms with van der Waals surface area (Å²) >= 11 is 0. The lowest BCUT2D eigenvalue weighted by Gasteiger charge is -2.36. The van der Waals surface area contributed by atoms with E-state index >= 15 is 0 Å². The molecule has 34 heavy (non-hydrogen) atoms. The highest BCUT2D eigenvalue weighted by atomic mass is 16.5. The Bertz CT molecular complexity index is 1110. The third kappa shape index (κ3) is 4.71. The highest BCUT2D eigenvalue weighted by Gasteiger charge is 2.26. The molecule has 5 rings (SSSR count). The number of piperazine rings is 1. The summed E-state index contributed by atoms with van der Waals surface area (Å²) in [5.74, 6) is 3.35. The number of carbonyl (C=O) groups is 1. The molecule has 1 saturated heterocycles. The third-order valence-corrected chi connectivity index (χ3v) is 6.79. The number of hydrogen-bond donors (Lipinski definition) is 0. The molecule has 3 aromatic rings. The quantitative estimate of drug-likeness (QED) is 0.527. The first kappa shape index (κ1) is 22.3. The average Bonchev–Trinajstić information content (AvgIpc) is 3.32. The number of ether oxygens (including phenoxy) is 2. The fourth-order valence-electron chi connectivity index (χ4n) is 4.46. The van der Waals surface area contributed by atoms with Gasteiger partial charge in [-0.05, 0) is 54.8 Å². The molecule has 1 aliphatic carbocycles. The molecule has 178 valence electrons. The van der Waals surface area contributed by atoms with E-state index in [2.05, 4.69) is 27.2 Å². The van der Waals surface area contributed by atoms with Crippen LogP contribution < -0.4 is 14.4 Å². The molecule has 8 nitrogen and oxygen atoms in total. The number of amides is 1. The van der Waals surface area contributed by atoms with Crippen molar-refractivity contribution in [1.29, 1.82) is 0 Å². The molecule has 0 unspecified atom stereocenters. The molecule has 1 aliphatic heterocycles. The summed E-state index contributed by atoms with van der Waals surface area (Å²) in [6.07, 6.45) is 3.85. The Hall–Kier alpha value is -3.55. The van der Waals surface area contributed by atoms with Crippen LogP contribution in [0.25, 0.3) is 11.4 Å². The zero-order valence-corrected chi connectivity index (χ0v) is 19.7. The van der Waals surface area contributed by atoms with Gasteiger partial charge >= 0.3 is 0 Å². The molecule has 8 heteroatoms. The third-order valence-electron chi connectivity index (χ3n) is 6.79. The van der Waals surface area contributed by atoms with Gasteiger partial charge in [-0.1, -0.05) is 11.6 Å². The van der Waals surface area contributed by atoms with Crippen molar-refractivity contribution in [3.05, 3.63) is 53.9 Å². The number of nitrogens with zero attached hydrogens (tertiary/aromatic N) is 4. The van der Waals surface area contributed by atoms with Crippen molar-refractivity contribution < 1.29 is 18.8 Å². The molecule has 0 atom stereocenters. The van der Waals surface area contributed by atoms with E-state index < -0.39 is 0 Å². The van der Waals surface area contributed by atoms with Crippen molar-refractivity contribution in [3.63, 3.8) is 0 Å². The fourth-order valence-corrected chi connectivity index (χ4v) is 4.46. The van der Waals surface area contributed by atoms with Gasteiger partial charge in [0.2, 0.25) is 17.6 Å². The van der Waals surface area contributed by atoms with E-state index in [4.69, 9.17) is 14.0 Å². The Balaban J connectivity index is 1.16. The van der Waals surface area contributed by atoms with Crippen LogP contribution in [0.1, 0.15) is 36.6 Å². The maximum Gasteiger partial charge on any atom is 0.230 e. The lowest BCUT2D eigenvalue weighted by atomic mass is 9.85. The molecular weight excluding hydrogens is 432 g/mol. The number of rotatable bonds is 7. The smallest absolute Gasteiger partial charge is 0.230 e. The van der Waals surface area contributed by atoms with Crippen molar-refractivity contribution in [2.24, 2.45) is 0 Å². The summed E-state index contributed by atoms with van der Waals surface area (Å²) in [5, 5.41) is 4.16. The number of hydrogen-bond acceptors (Lipinski definition) is 7. The van der Waals surface area contributed by atoms with E-state index in [0.29, 0.717) is 42.8 Å². The van der Waals surface area contributed by atoms with Crippen LogP contribution in [0.4, 0.5) is 5.69 Å². The molecule has 0 radical (unpaired) electrons. The van der Waals surface area contributed by atoms with Crippen LogP contribution in [0.3, 0.4) is 0 Å². The molecule has 1 amide bonds. The first-order valence-electron chi connectivity index (χ1n) is 11.8. The normalized spacial score (nSPS) is 16.3. The minimum atomic E-state index is 0.115. The Morgan fingerprint density at radius 1 is 1.00 bits per heavy atom. The summed E-state index contributed by atoms with van der Waals surface area (Å²) in [4.78, 5) is 21.7. The fraction of sp³-hybridized carbons (Fsp3) is 0.423. The number of methoxy groups -OCH3 is 2. The van der Waals surface area contributed by atoms with Crippen LogP contribution in [0, 0.1) is 0 Å². The van der Waals surface area contributed by atoms with Gasteiger partial charge in [-0.25, -0.2) is 0 Å². The highest BCUT2D eigenvalue weighted by Crippen LogP contribution is 2.36. The maximum absolute atomic E-state index is 12.9. The summed E-state index contributed by atoms with van der Waals surface area (Å²) in [6, 6.07) is 13.8. The van der Waals surface area contributed by atoms with Gasteiger partial charge in [-0.3, -0.25) is 4.79 Å². The van der Waals surface area contributed by atoms with Crippen LogP contribution in [-0.4, -0.2) is 61.3 Å². The molecule has 2 aliphatic rings. The van der Waals surface area contributed by atoms with Crippen LogP contribution >= 0.6 is 0 Å². The Labute approximate surface area is 199 Å². The standard InChI is InChI=1S/C26H30N4O4/c1-32-22-14-18(15-23(17-22)33-2)16-24(31)30-12-10-29(11-13-30)21-8-6-19(7-9-21)25-27-26(34-28-25)20-4-3-5-20/h6-9,14-15,17,20H,3-5,10-13,16H2,1-2H3. The van der Waals surface area contributed by atoms with E-state index in [9.17, 15) is 4.79 Å². The van der Waals surface area contributed by atoms with E-state index in [1.165, 1.54) is 6.42 Å². The predicted octanol–water partition coefficient (Wildman–Crippen LogP) is 3.91. The SMILES string of the molecule is COc1cc(CC(=O)N2CCN(c3ccc(-c4noc(C5CCC5)n4)cc3)CC2)cc(OC)c1. The lowest BCUT2D eigenvalue weighted by molar-refractivity contribution is -0.130. The van der Waals surface area contributed by atoms with E-state index in [1.54, 1.807) is 14.2 Å². The van der Waals surface area contributed by atoms with Gasteiger partial charge in [0.25, 0.3) is 0 Å². The maximum atomic E-state index is 12.9. The van der Waals surface area contributed by atoms with E-state index in [0.717, 1.165) is 48.6 Å². The molecule has 1 saturated carbocycles. The number of aromatic nitrogens is 2. The summed E-state index contributed by atoms with van der Waals surface area (Å²) < 4.78 is 16.1. The Kier molecular flexibility index (Phi) is 6.38. The largest absolute Gasteiger partial charge is 0.497 e. The monoisotopic (exact) mass is 462 g/mol. The van der Waals surface area contributed by atoms with Crippen molar-refractivity contribution in [3.8, 4) is 22.9 Å². The van der Waals surface area contributed by atoms with Gasteiger partial charge in [-0.15, -0.1) is 0 Å². The molecule has 2 fully saturated rings. The van der Waals surface area contributed by atoms with Gasteiger partial charge < -0.3 is 23.8 Å². The molecule has 0 bridgehead atoms. The minimum Gasteiger partial charge on any atom is -0.497 e. The molecule has 0 spiro atoms. The predicted molar refractivity (Wildman–Crippen MR) is 128 cm³/mol. The number of benzene rings is 2. The summed E-state index contributed by atoms with van der Waals surface area (Å²) in [6.45, 7) is 2.97. The zero-order chi connectivity index (χ0) is 23.5. The molecule has 2 aromatic carbocycles. The Morgan fingerprint density at radius 2 is 1.68 bits per heavy atom. The van der Waals surface area contributed by atoms with Crippen molar-refractivity contribution in [2.45, 2.75) is 31.6 Å². The molecular formula is C26H30N4O4. The van der Waals surface area contributed by atoms with Crippen LogP contribution in [0.5, 0.6) is 11.5 Å². The van der Waals surface area contributed by atoms with Crippen molar-refractivity contribution in [1.82, 2.24) is 15.0 Å². The van der Waals surface area contributed by atoms with E-state index in [-0.39, 0.29) is 5.91 Å². The molecule has 1 aromatic heterocycles. The van der Waals surface area contributed by atoms with Gasteiger partial charge in [0.15, 0.2) is 0 Å². The van der Waals surface area contributed by atoms with E-state index in [1.807, 2.05) is 35.2 Å². The Morgan fingerprint density at radius 3 is 2.26 bits per heavy atom. The van der Waals surface area contributed by atoms with Crippen LogP contribution in [-0.2, 0) is 11.2 Å². The topological polar surface area (TPSA) is 80.9 Å². The second-order valence-corrected chi connectivity index (χ2v) is 8.90. The molecule has 0 N–H and O–H groups in total. The van der Waals surface area contributed by atoms with Gasteiger partial charge in [0.1, 0.15) is 11.5 Å². The minimum absolute atomic E-state index is 0.115. The molecule has 2 heterocycles. The number of carbonyl (C=O) groups excluding carboxylic acids is 1. The van der Waals surface area contributed by atoms with Gasteiger partial charge in [0, 0.05) is 49.4 Å². The number of anilines is 1. The van der Waals surface area contributed by atoms with Gasteiger partial charge in [-0.2, -0.15) is 4.98 Å². The van der Waals surface area contributed by atoms with Crippen LogP contribution in [0.2, 0.25) is 0 Å². The van der Waals surface area contributed by atoms with Gasteiger partial charge in [0.05, 0.1) is 20.6 Å². The highest BCUT2D eigenvalue weighted by molar-refractivity contribution is 5.79. The second kappa shape index (κ2) is 9.75. The summed E-state index contributed by atoms with van der Waals surface area (Å²) in [5.41, 5.74) is 2.98. The van der Waals surface area contributed by atoms with Crippen molar-refractivity contribution >= 4 is 11.6 Å². The second-order valence-electron chi connectivity index (χ2n) is 8.90. The summed E-state index contributed by atoms with van der Waals surface area (Å²) in [7, 11) is 3.22. The van der Waals surface area contributed by atoms with Crippen molar-refractivity contribution in [2.75, 3.05) is 45.3 Å². The lowest BCUT2D eigenvalue weighted by Crippen LogP contribution is -2.49.